The Morgan fingerprint density at radius 1 is 1.11 bits per heavy atom. The van der Waals surface area contributed by atoms with Crippen molar-refractivity contribution in [1.29, 1.82) is 0 Å². The summed E-state index contributed by atoms with van der Waals surface area (Å²) in [4.78, 5) is 25.9. The van der Waals surface area contributed by atoms with Gasteiger partial charge in [-0.25, -0.2) is 0 Å². The zero-order valence-electron chi connectivity index (χ0n) is 12.6. The quantitative estimate of drug-likeness (QED) is 0.654. The predicted molar refractivity (Wildman–Crippen MR) is 75.3 cm³/mol. The molecule has 0 rings (SSSR count). The summed E-state index contributed by atoms with van der Waals surface area (Å²) >= 11 is 0. The highest BCUT2D eigenvalue weighted by Gasteiger charge is 2.32. The summed E-state index contributed by atoms with van der Waals surface area (Å²) in [6.45, 7) is 15.3. The van der Waals surface area contributed by atoms with Crippen LogP contribution in [0, 0.1) is 11.8 Å². The lowest BCUT2D eigenvalue weighted by molar-refractivity contribution is -0.140. The van der Waals surface area contributed by atoms with E-state index in [9.17, 15) is 9.59 Å². The van der Waals surface area contributed by atoms with Gasteiger partial charge in [0, 0.05) is 12.0 Å². The molecule has 0 aliphatic heterocycles. The topological polar surface area (TPSA) is 37.4 Å². The van der Waals surface area contributed by atoms with E-state index in [1.807, 2.05) is 27.7 Å². The fraction of sp³-hybridized carbons (Fsp3) is 0.733. The Morgan fingerprint density at radius 2 is 1.61 bits per heavy atom. The minimum absolute atomic E-state index is 0.00181. The van der Waals surface area contributed by atoms with Gasteiger partial charge in [-0.05, 0) is 32.3 Å². The van der Waals surface area contributed by atoms with Crippen LogP contribution in [-0.4, -0.2) is 28.7 Å². The highest BCUT2D eigenvalue weighted by Crippen LogP contribution is 2.19. The van der Waals surface area contributed by atoms with Crippen molar-refractivity contribution >= 4 is 11.7 Å². The average molecular weight is 253 g/mol. The van der Waals surface area contributed by atoms with Gasteiger partial charge >= 0.3 is 0 Å². The SMILES string of the molecule is C=CC(=O)N(C(C)C)C(CC(C)C)C(=O)C(C)C. The Balaban J connectivity index is 5.29. The molecule has 3 nitrogen and oxygen atoms in total. The second-order valence-corrected chi connectivity index (χ2v) is 5.75. The van der Waals surface area contributed by atoms with Crippen LogP contribution in [0.25, 0.3) is 0 Å². The summed E-state index contributed by atoms with van der Waals surface area (Å²) in [7, 11) is 0. The molecule has 0 N–H and O–H groups in total. The fourth-order valence-corrected chi connectivity index (χ4v) is 2.07. The van der Waals surface area contributed by atoms with Crippen molar-refractivity contribution in [1.82, 2.24) is 4.90 Å². The van der Waals surface area contributed by atoms with Crippen LogP contribution in [0.4, 0.5) is 0 Å². The molecule has 0 aromatic heterocycles. The summed E-state index contributed by atoms with van der Waals surface area (Å²) in [5.74, 6) is 0.279. The van der Waals surface area contributed by atoms with Gasteiger partial charge in [-0.3, -0.25) is 9.59 Å². The lowest BCUT2D eigenvalue weighted by Crippen LogP contribution is -2.50. The summed E-state index contributed by atoms with van der Waals surface area (Å²) < 4.78 is 0. The van der Waals surface area contributed by atoms with E-state index in [0.717, 1.165) is 0 Å². The van der Waals surface area contributed by atoms with Gasteiger partial charge in [-0.15, -0.1) is 0 Å². The van der Waals surface area contributed by atoms with Crippen molar-refractivity contribution in [3.8, 4) is 0 Å². The summed E-state index contributed by atoms with van der Waals surface area (Å²) in [5, 5.41) is 0. The molecule has 0 aliphatic rings. The Kier molecular flexibility index (Phi) is 6.89. The molecule has 3 heteroatoms. The molecule has 0 saturated carbocycles. The largest absolute Gasteiger partial charge is 0.327 e. The molecule has 0 radical (unpaired) electrons. The zero-order chi connectivity index (χ0) is 14.5. The first-order chi connectivity index (χ1) is 8.22. The lowest BCUT2D eigenvalue weighted by atomic mass is 9.92. The zero-order valence-corrected chi connectivity index (χ0v) is 12.6. The van der Waals surface area contributed by atoms with Gasteiger partial charge < -0.3 is 4.90 Å². The minimum Gasteiger partial charge on any atom is -0.327 e. The van der Waals surface area contributed by atoms with E-state index in [4.69, 9.17) is 0 Å². The van der Waals surface area contributed by atoms with Gasteiger partial charge in [0.05, 0.1) is 6.04 Å². The molecule has 0 bridgehead atoms. The number of hydrogen-bond donors (Lipinski definition) is 0. The molecule has 1 unspecified atom stereocenters. The lowest BCUT2D eigenvalue weighted by Gasteiger charge is -2.35. The van der Waals surface area contributed by atoms with Crippen molar-refractivity contribution < 1.29 is 9.59 Å². The maximum Gasteiger partial charge on any atom is 0.246 e. The van der Waals surface area contributed by atoms with Crippen molar-refractivity contribution in [2.75, 3.05) is 0 Å². The second-order valence-electron chi connectivity index (χ2n) is 5.75. The molecule has 0 saturated heterocycles. The molecular weight excluding hydrogens is 226 g/mol. The maximum absolute atomic E-state index is 12.3. The van der Waals surface area contributed by atoms with E-state index in [1.54, 1.807) is 4.90 Å². The van der Waals surface area contributed by atoms with E-state index in [1.165, 1.54) is 6.08 Å². The number of ketones is 1. The molecule has 18 heavy (non-hydrogen) atoms. The third-order valence-electron chi connectivity index (χ3n) is 2.91. The second kappa shape index (κ2) is 7.34. The molecular formula is C15H27NO2. The minimum atomic E-state index is -0.338. The van der Waals surface area contributed by atoms with Crippen LogP contribution in [0.2, 0.25) is 0 Å². The van der Waals surface area contributed by atoms with Gasteiger partial charge in [0.25, 0.3) is 0 Å². The first-order valence-electron chi connectivity index (χ1n) is 6.70. The van der Waals surface area contributed by atoms with Crippen molar-refractivity contribution in [2.24, 2.45) is 11.8 Å². The van der Waals surface area contributed by atoms with Gasteiger partial charge in [0.15, 0.2) is 5.78 Å². The van der Waals surface area contributed by atoms with E-state index >= 15 is 0 Å². The molecule has 0 spiro atoms. The third-order valence-corrected chi connectivity index (χ3v) is 2.91. The molecule has 1 amide bonds. The molecule has 0 aliphatic carbocycles. The van der Waals surface area contributed by atoms with E-state index < -0.39 is 0 Å². The first kappa shape index (κ1) is 16.9. The molecule has 0 aromatic rings. The van der Waals surface area contributed by atoms with Gasteiger partial charge in [0.2, 0.25) is 5.91 Å². The Morgan fingerprint density at radius 3 is 1.89 bits per heavy atom. The standard InChI is InChI=1S/C15H27NO2/c1-8-14(17)16(12(6)7)13(9-10(2)3)15(18)11(4)5/h8,10-13H,1,9H2,2-7H3. The number of hydrogen-bond acceptors (Lipinski definition) is 2. The fourth-order valence-electron chi connectivity index (χ4n) is 2.07. The summed E-state index contributed by atoms with van der Waals surface area (Å²) in [6.07, 6.45) is 2.00. The molecule has 104 valence electrons. The van der Waals surface area contributed by atoms with Crippen LogP contribution in [0.5, 0.6) is 0 Å². The number of Topliss-reactive ketones (excluding diaryl/α,β-unsaturated/α-hetero) is 1. The monoisotopic (exact) mass is 253 g/mol. The van der Waals surface area contributed by atoms with Gasteiger partial charge in [0.1, 0.15) is 0 Å². The van der Waals surface area contributed by atoms with Gasteiger partial charge in [-0.1, -0.05) is 34.3 Å². The van der Waals surface area contributed by atoms with Crippen LogP contribution >= 0.6 is 0 Å². The number of nitrogens with zero attached hydrogens (tertiary/aromatic N) is 1. The van der Waals surface area contributed by atoms with E-state index in [2.05, 4.69) is 20.4 Å². The molecule has 0 heterocycles. The van der Waals surface area contributed by atoms with Gasteiger partial charge in [-0.2, -0.15) is 0 Å². The van der Waals surface area contributed by atoms with Crippen LogP contribution in [0.15, 0.2) is 12.7 Å². The molecule has 1 atom stereocenters. The van der Waals surface area contributed by atoms with Crippen LogP contribution in [-0.2, 0) is 9.59 Å². The average Bonchev–Trinajstić information content (AvgIpc) is 2.25. The number of amides is 1. The highest BCUT2D eigenvalue weighted by molar-refractivity contribution is 5.94. The van der Waals surface area contributed by atoms with Crippen molar-refractivity contribution in [3.05, 3.63) is 12.7 Å². The van der Waals surface area contributed by atoms with Crippen LogP contribution < -0.4 is 0 Å². The van der Waals surface area contributed by atoms with Crippen molar-refractivity contribution in [3.63, 3.8) is 0 Å². The smallest absolute Gasteiger partial charge is 0.246 e. The van der Waals surface area contributed by atoms with E-state index in [0.29, 0.717) is 12.3 Å². The Hall–Kier alpha value is -1.12. The molecule has 0 fully saturated rings. The van der Waals surface area contributed by atoms with E-state index in [-0.39, 0.29) is 29.7 Å². The predicted octanol–water partition coefficient (Wildman–Crippen LogP) is 3.05. The maximum atomic E-state index is 12.3. The first-order valence-corrected chi connectivity index (χ1v) is 6.70. The number of rotatable bonds is 7. The Labute approximate surface area is 111 Å². The third kappa shape index (κ3) is 4.63. The molecule has 0 aromatic carbocycles. The van der Waals surface area contributed by atoms with Crippen LogP contribution in [0.1, 0.15) is 48.0 Å². The Bertz CT molecular complexity index is 306. The normalized spacial score (nSPS) is 12.9. The summed E-state index contributed by atoms with van der Waals surface area (Å²) in [5.41, 5.74) is 0. The van der Waals surface area contributed by atoms with Crippen molar-refractivity contribution in [2.45, 2.75) is 60.0 Å². The highest BCUT2D eigenvalue weighted by atomic mass is 16.2. The number of carbonyl (C=O) groups is 2. The number of carbonyl (C=O) groups excluding carboxylic acids is 2. The van der Waals surface area contributed by atoms with Crippen LogP contribution in [0.3, 0.4) is 0 Å². The summed E-state index contributed by atoms with van der Waals surface area (Å²) in [6, 6.07) is -0.336.